The lowest BCUT2D eigenvalue weighted by molar-refractivity contribution is -0.377. The number of carbonyl (C=O) groups is 3. The Balaban J connectivity index is 1.19. The van der Waals surface area contributed by atoms with Crippen molar-refractivity contribution in [3.63, 3.8) is 0 Å². The second kappa shape index (κ2) is 27.6. The van der Waals surface area contributed by atoms with Gasteiger partial charge in [-0.3, -0.25) is 13.7 Å². The lowest BCUT2D eigenvalue weighted by atomic mass is 9.90. The Bertz CT molecular complexity index is 2560. The molecule has 0 saturated carbocycles. The number of hydrogen-bond donors (Lipinski definition) is 18. The van der Waals surface area contributed by atoms with E-state index in [0.717, 1.165) is 7.11 Å². The summed E-state index contributed by atoms with van der Waals surface area (Å²) in [5.74, 6) is -6.98. The number of methoxy groups -OCH3 is 1. The first kappa shape index (κ1) is 69.2. The molecular weight excluding hydrogens is 1220 g/mol. The van der Waals surface area contributed by atoms with E-state index in [-0.39, 0.29) is 0 Å². The van der Waals surface area contributed by atoms with Crippen LogP contribution in [0.5, 0.6) is 0 Å². The van der Waals surface area contributed by atoms with Gasteiger partial charge in [0.05, 0.1) is 44.1 Å². The van der Waals surface area contributed by atoms with Crippen LogP contribution in [0, 0.1) is 5.92 Å². The van der Waals surface area contributed by atoms with Gasteiger partial charge in [0.25, 0.3) is 0 Å². The molecule has 21 N–H and O–H groups in total. The fourth-order valence-corrected chi connectivity index (χ4v) is 10.3. The van der Waals surface area contributed by atoms with Crippen molar-refractivity contribution >= 4 is 49.1 Å². The number of rotatable bonds is 23. The number of ether oxygens (including phenoxy) is 12. The van der Waals surface area contributed by atoms with Crippen molar-refractivity contribution < 1.29 is 184 Å². The van der Waals surface area contributed by atoms with Crippen LogP contribution in [-0.4, -0.2) is 323 Å². The number of hydrogen-bond acceptors (Lipinski definition) is 36. The minimum Gasteiger partial charge on any atom is -0.479 e. The third-order valence-electron chi connectivity index (χ3n) is 13.7. The summed E-state index contributed by atoms with van der Waals surface area (Å²) in [5, 5.41) is 130. The number of carboxylic acids is 3. The van der Waals surface area contributed by atoms with Crippen molar-refractivity contribution in [2.24, 2.45) is 23.1 Å². The first-order chi connectivity index (χ1) is 38.4. The third-order valence-corrected chi connectivity index (χ3v) is 15.0. The van der Waals surface area contributed by atoms with Crippen molar-refractivity contribution in [1.29, 1.82) is 0 Å². The molecule has 6 aliphatic rings. The third kappa shape index (κ3) is 16.4. The van der Waals surface area contributed by atoms with E-state index in [1.165, 1.54) is 6.92 Å². The molecule has 6 aliphatic heterocycles. The molecule has 0 aromatic carbocycles. The number of nitrogens with two attached hydrogens (primary N) is 3. The average Bonchev–Trinajstić information content (AvgIpc) is 3.38. The fraction of sp³-hybridized carbons (Fsp3) is 0.921. The van der Waals surface area contributed by atoms with E-state index in [1.807, 2.05) is 0 Å². The summed E-state index contributed by atoms with van der Waals surface area (Å²) in [7, 11) is -15.0. The first-order valence-electron chi connectivity index (χ1n) is 24.0. The van der Waals surface area contributed by atoms with Crippen LogP contribution in [0.15, 0.2) is 0 Å². The summed E-state index contributed by atoms with van der Waals surface area (Å²) in [6, 6.07) is -5.63. The van der Waals surface area contributed by atoms with Gasteiger partial charge in [0.2, 0.25) is 0 Å². The van der Waals surface area contributed by atoms with Crippen LogP contribution < -0.4 is 17.2 Å². The van der Waals surface area contributed by atoms with Crippen LogP contribution in [0.3, 0.4) is 0 Å². The second-order valence-corrected chi connectivity index (χ2v) is 22.6. The molecule has 30 atom stereocenters. The Labute approximate surface area is 466 Å². The minimum absolute atomic E-state index is 1.06. The maximum atomic E-state index is 12.8. The van der Waals surface area contributed by atoms with E-state index in [2.05, 4.69) is 12.5 Å². The fourth-order valence-electron chi connectivity index (χ4n) is 9.42. The number of aliphatic carboxylic acids is 3. The molecule has 0 aromatic heterocycles. The summed E-state index contributed by atoms with van der Waals surface area (Å²) in [5.41, 5.74) is 18.3. The van der Waals surface area contributed by atoms with Crippen LogP contribution in [0.4, 0.5) is 0 Å². The highest BCUT2D eigenvalue weighted by atomic mass is 32.3. The standard InChI is InChI=1S/C38H63N3O39S3/c1-6-13(42)19(48)36(73-22(6)30(51)52)74-24-8(4-68-82(60,61)62)71-34(11(40)15(24)44)77-27-18(47)21(50)38(80-29(27)32(55)56)76-25-9(5-69-83(63,64)65)72-35(12(41)16(25)45)78-26-17(46)20(49)37(79-28(26)31(53)54)75-23-7(3-67-81(57,58)59)70-33(66-2)10(39)14(23)43/h6-29,33-38,42-50H,3-5,39-41H2,1-2H3,(H,51,52)(H,53,54)(H,55,56)(H,57,58,59)(H,60,61,62)(H,63,64,65)/t6-,7?,8?,9?,10?,11?,12?,13-,14+,15+,16+,17+,18+,19?,20?,21?,22?,23+,24+,25+,26-,27-,28?,29?,33-,34+,35+,36-,37+,38+/m0/s1. The smallest absolute Gasteiger partial charge is 0.397 e. The van der Waals surface area contributed by atoms with E-state index >= 15 is 0 Å². The maximum Gasteiger partial charge on any atom is 0.397 e. The maximum absolute atomic E-state index is 12.8. The van der Waals surface area contributed by atoms with Crippen LogP contribution >= 0.6 is 0 Å². The number of carboxylic acid groups (broad SMARTS) is 3. The zero-order valence-electron chi connectivity index (χ0n) is 42.4. The normalized spacial score (nSPS) is 45.8. The molecule has 12 unspecified atom stereocenters. The molecule has 6 heterocycles. The van der Waals surface area contributed by atoms with Gasteiger partial charge in [-0.25, -0.2) is 26.9 Å². The monoisotopic (exact) mass is 1280 g/mol. The van der Waals surface area contributed by atoms with E-state index in [0.29, 0.717) is 0 Å². The van der Waals surface area contributed by atoms with Crippen LogP contribution in [0.2, 0.25) is 0 Å². The van der Waals surface area contributed by atoms with E-state index in [1.54, 1.807) is 0 Å². The Morgan fingerprint density at radius 1 is 0.386 bits per heavy atom. The quantitative estimate of drug-likeness (QED) is 0.0422. The molecule has 0 aromatic rings. The highest BCUT2D eigenvalue weighted by Gasteiger charge is 2.59. The molecule has 0 bridgehead atoms. The minimum atomic E-state index is -5.47. The van der Waals surface area contributed by atoms with Gasteiger partial charge in [0.15, 0.2) is 56.1 Å². The molecule has 6 saturated heterocycles. The van der Waals surface area contributed by atoms with E-state index in [9.17, 15) is 110 Å². The zero-order valence-corrected chi connectivity index (χ0v) is 44.9. The van der Waals surface area contributed by atoms with Gasteiger partial charge in [-0.05, 0) is 0 Å². The van der Waals surface area contributed by atoms with Crippen LogP contribution in [0.25, 0.3) is 0 Å². The van der Waals surface area contributed by atoms with Gasteiger partial charge in [-0.2, -0.15) is 25.3 Å². The summed E-state index contributed by atoms with van der Waals surface area (Å²) in [4.78, 5) is 37.2. The predicted octanol–water partition coefficient (Wildman–Crippen LogP) is -12.5. The Morgan fingerprint density at radius 2 is 0.651 bits per heavy atom. The molecule has 0 spiro atoms. The predicted molar refractivity (Wildman–Crippen MR) is 246 cm³/mol. The van der Waals surface area contributed by atoms with Gasteiger partial charge >= 0.3 is 49.1 Å². The van der Waals surface area contributed by atoms with Crippen molar-refractivity contribution in [1.82, 2.24) is 0 Å². The summed E-state index contributed by atoms with van der Waals surface area (Å²) < 4.78 is 176. The Morgan fingerprint density at radius 3 is 0.940 bits per heavy atom. The summed E-state index contributed by atoms with van der Waals surface area (Å²) >= 11 is 0. The SMILES string of the molecule is CO[C@H]1OC(COS(=O)(=O)O)[C@@H](O[C@@H]2OC(C(=O)O)[C@@H](O[C@H]3OC(COS(=O)(=O)O)[C@@H](O[C@@H]4OC(C(=O)O)[C@@H](O[C@H]5OC(COS(=O)(=O)O)[C@@H](O[C@@H]6OC(C(=O)O)[C@@H](C)[C@H](O)C6O)[C@H](O)C5N)[C@H](O)C4O)[C@H](O)C3N)[C@H](O)C2O)[C@H](O)C1N. The molecule has 0 aliphatic carbocycles. The molecule has 83 heavy (non-hydrogen) atoms. The molecule has 0 radical (unpaired) electrons. The molecule has 482 valence electrons. The van der Waals surface area contributed by atoms with E-state index < -0.39 is 253 Å². The number of aliphatic hydroxyl groups is 9. The second-order valence-electron chi connectivity index (χ2n) is 19.3. The summed E-state index contributed by atoms with van der Waals surface area (Å²) in [6.07, 6.45) is -57.5. The van der Waals surface area contributed by atoms with Gasteiger partial charge < -0.3 is 135 Å². The van der Waals surface area contributed by atoms with Crippen molar-refractivity contribution in [2.45, 2.75) is 185 Å². The molecule has 45 heteroatoms. The first-order valence-corrected chi connectivity index (χ1v) is 28.1. The average molecular weight is 1280 g/mol. The highest BCUT2D eigenvalue weighted by Crippen LogP contribution is 2.37. The molecule has 42 nitrogen and oxygen atoms in total. The van der Waals surface area contributed by atoms with Crippen molar-refractivity contribution in [3.05, 3.63) is 0 Å². The van der Waals surface area contributed by atoms with Gasteiger partial charge in [-0.15, -0.1) is 0 Å². The van der Waals surface area contributed by atoms with E-state index in [4.69, 9.17) is 78.6 Å². The van der Waals surface area contributed by atoms with Crippen molar-refractivity contribution in [2.75, 3.05) is 26.9 Å². The van der Waals surface area contributed by atoms with Crippen molar-refractivity contribution in [3.8, 4) is 0 Å². The number of aliphatic hydroxyl groups excluding tert-OH is 9. The van der Waals surface area contributed by atoms with Gasteiger partial charge in [0, 0.05) is 13.0 Å². The lowest BCUT2D eigenvalue weighted by Gasteiger charge is -2.49. The molecule has 6 fully saturated rings. The van der Waals surface area contributed by atoms with Gasteiger partial charge in [-0.1, -0.05) is 6.92 Å². The topological polar surface area (TPSA) is 674 Å². The largest absolute Gasteiger partial charge is 0.479 e. The lowest BCUT2D eigenvalue weighted by Crippen LogP contribution is -2.70. The molecular formula is C38H63N3O39S3. The highest BCUT2D eigenvalue weighted by molar-refractivity contribution is 7.81. The Kier molecular flexibility index (Phi) is 23.0. The van der Waals surface area contributed by atoms with Crippen LogP contribution in [0.1, 0.15) is 6.92 Å². The summed E-state index contributed by atoms with van der Waals surface area (Å²) in [6.45, 7) is -2.72. The Hall–Kier alpha value is -2.94. The van der Waals surface area contributed by atoms with Crippen LogP contribution in [-0.2, 0) is 115 Å². The van der Waals surface area contributed by atoms with Gasteiger partial charge in [0.1, 0.15) is 97.7 Å². The molecule has 6 rings (SSSR count). The zero-order chi connectivity index (χ0) is 62.3. The molecule has 0 amide bonds.